The summed E-state index contributed by atoms with van der Waals surface area (Å²) in [4.78, 5) is 45.3. The summed E-state index contributed by atoms with van der Waals surface area (Å²) in [5.74, 6) is -17.6. The van der Waals surface area contributed by atoms with Crippen molar-refractivity contribution in [3.63, 3.8) is 0 Å². The summed E-state index contributed by atoms with van der Waals surface area (Å²) in [7, 11) is 0. The molecule has 2 rings (SSSR count). The van der Waals surface area contributed by atoms with Crippen LogP contribution in [-0.4, -0.2) is 28.8 Å². The van der Waals surface area contributed by atoms with Crippen LogP contribution in [0, 0.1) is 29.1 Å². The van der Waals surface area contributed by atoms with Gasteiger partial charge < -0.3 is 9.84 Å². The Morgan fingerprint density at radius 3 is 1.75 bits per heavy atom. The van der Waals surface area contributed by atoms with E-state index in [4.69, 9.17) is 5.11 Å². The minimum Gasteiger partial charge on any atom is -0.477 e. The monoisotopic (exact) mass is 402 g/mol. The van der Waals surface area contributed by atoms with Gasteiger partial charge in [-0.2, -0.15) is 0 Å². The zero-order valence-electron chi connectivity index (χ0n) is 13.6. The van der Waals surface area contributed by atoms with E-state index in [9.17, 15) is 41.1 Å². The maximum absolute atomic E-state index is 13.8. The number of hydrogen-bond acceptors (Lipinski definition) is 5. The lowest BCUT2D eigenvalue weighted by molar-refractivity contribution is 0.0387. The quantitative estimate of drug-likeness (QED) is 0.277. The number of carbonyl (C=O) groups is 4. The summed E-state index contributed by atoms with van der Waals surface area (Å²) in [5, 5.41) is 8.56. The highest BCUT2D eigenvalue weighted by Crippen LogP contribution is 2.25. The zero-order chi connectivity index (χ0) is 21.3. The number of ether oxygens (including phenoxy) is 1. The summed E-state index contributed by atoms with van der Waals surface area (Å²) >= 11 is 0. The highest BCUT2D eigenvalue weighted by atomic mass is 19.2. The second-order valence-corrected chi connectivity index (χ2v) is 5.24. The molecule has 0 spiro atoms. The molecule has 2 aromatic carbocycles. The van der Waals surface area contributed by atoms with E-state index < -0.39 is 75.0 Å². The van der Waals surface area contributed by atoms with E-state index >= 15 is 0 Å². The predicted octanol–water partition coefficient (Wildman–Crippen LogP) is 3.28. The van der Waals surface area contributed by atoms with E-state index in [1.165, 1.54) is 0 Å². The van der Waals surface area contributed by atoms with Gasteiger partial charge in [-0.3, -0.25) is 4.79 Å². The third-order valence-corrected chi connectivity index (χ3v) is 3.45. The fourth-order valence-corrected chi connectivity index (χ4v) is 2.12. The summed E-state index contributed by atoms with van der Waals surface area (Å²) in [5.41, 5.74) is -5.03. The first-order valence-corrected chi connectivity index (χ1v) is 7.13. The van der Waals surface area contributed by atoms with Crippen LogP contribution in [0.4, 0.5) is 22.0 Å². The molecule has 11 heteroatoms. The van der Waals surface area contributed by atoms with Crippen molar-refractivity contribution in [1.29, 1.82) is 0 Å². The largest absolute Gasteiger partial charge is 0.477 e. The smallest absolute Gasteiger partial charge is 0.352 e. The maximum Gasteiger partial charge on any atom is 0.352 e. The van der Waals surface area contributed by atoms with Gasteiger partial charge in [0.15, 0.2) is 29.1 Å². The molecule has 0 aliphatic heterocycles. The Hall–Kier alpha value is -3.63. The first-order valence-electron chi connectivity index (χ1n) is 7.13. The Labute approximate surface area is 152 Å². The average Bonchev–Trinajstić information content (AvgIpc) is 2.59. The molecule has 0 bridgehead atoms. The van der Waals surface area contributed by atoms with Crippen molar-refractivity contribution in [2.24, 2.45) is 0 Å². The number of Topliss-reactive ketones (excluding diaryl/α,β-unsaturated/α-hetero) is 1. The number of esters is 2. The second kappa shape index (κ2) is 7.55. The molecule has 0 radical (unpaired) electrons. The van der Waals surface area contributed by atoms with Gasteiger partial charge in [0, 0.05) is 0 Å². The van der Waals surface area contributed by atoms with Crippen LogP contribution in [0.5, 0.6) is 0 Å². The summed E-state index contributed by atoms with van der Waals surface area (Å²) in [6.07, 6.45) is 0. The fourth-order valence-electron chi connectivity index (χ4n) is 2.12. The van der Waals surface area contributed by atoms with Gasteiger partial charge in [0.2, 0.25) is 0 Å². The van der Waals surface area contributed by atoms with Crippen LogP contribution in [0.15, 0.2) is 18.2 Å². The maximum atomic E-state index is 13.8. The minimum absolute atomic E-state index is 0.395. The molecule has 0 heterocycles. The van der Waals surface area contributed by atoms with E-state index in [0.29, 0.717) is 6.07 Å². The van der Waals surface area contributed by atoms with Crippen LogP contribution in [0.3, 0.4) is 0 Å². The molecular weight excluding hydrogens is 395 g/mol. The summed E-state index contributed by atoms with van der Waals surface area (Å²) < 4.78 is 72.6. The summed E-state index contributed by atoms with van der Waals surface area (Å²) in [6.45, 7) is 1.04. The lowest BCUT2D eigenvalue weighted by Gasteiger charge is -2.09. The van der Waals surface area contributed by atoms with Gasteiger partial charge in [-0.05, 0) is 25.1 Å². The molecule has 0 saturated carbocycles. The molecule has 28 heavy (non-hydrogen) atoms. The predicted molar refractivity (Wildman–Crippen MR) is 79.4 cm³/mol. The Morgan fingerprint density at radius 1 is 0.821 bits per heavy atom. The minimum atomic E-state index is -2.40. The normalized spacial score (nSPS) is 10.5. The van der Waals surface area contributed by atoms with Gasteiger partial charge in [0.25, 0.3) is 0 Å². The number of aromatic carboxylic acids is 1. The van der Waals surface area contributed by atoms with Crippen LogP contribution in [-0.2, 0) is 4.74 Å². The molecule has 0 unspecified atom stereocenters. The molecule has 6 nitrogen and oxygen atoms in total. The van der Waals surface area contributed by atoms with Crippen molar-refractivity contribution in [3.8, 4) is 0 Å². The molecule has 146 valence electrons. The Bertz CT molecular complexity index is 1020. The highest BCUT2D eigenvalue weighted by Gasteiger charge is 2.34. The molecular formula is C17H7F5O6. The number of benzene rings is 2. The Balaban J connectivity index is 2.40. The highest BCUT2D eigenvalue weighted by molar-refractivity contribution is 6.04. The standard InChI is InChI=1S/C17H7F5O6/c1-5(23)7-3-2-6(4-8(7)18)16(26)28-17(27)10-13(21)11(19)9(15(24)25)12(20)14(10)22/h2-4H,1H3,(H,24,25). The number of rotatable bonds is 4. The van der Waals surface area contributed by atoms with Crippen molar-refractivity contribution in [2.45, 2.75) is 6.92 Å². The molecule has 0 fully saturated rings. The van der Waals surface area contributed by atoms with Crippen molar-refractivity contribution in [3.05, 3.63) is 69.5 Å². The number of carbonyl (C=O) groups excluding carboxylic acids is 3. The molecule has 0 aliphatic rings. The number of ketones is 1. The van der Waals surface area contributed by atoms with Crippen LogP contribution in [0.2, 0.25) is 0 Å². The third kappa shape index (κ3) is 3.59. The molecule has 0 atom stereocenters. The lowest BCUT2D eigenvalue weighted by atomic mass is 10.1. The van der Waals surface area contributed by atoms with E-state index in [1.54, 1.807) is 0 Å². The van der Waals surface area contributed by atoms with E-state index in [2.05, 4.69) is 4.74 Å². The van der Waals surface area contributed by atoms with Gasteiger partial charge in [-0.1, -0.05) is 0 Å². The molecule has 1 N–H and O–H groups in total. The average molecular weight is 402 g/mol. The van der Waals surface area contributed by atoms with Crippen molar-refractivity contribution < 1.29 is 51.0 Å². The first kappa shape index (κ1) is 20.7. The zero-order valence-corrected chi connectivity index (χ0v) is 13.6. The van der Waals surface area contributed by atoms with Crippen LogP contribution >= 0.6 is 0 Å². The molecule has 0 aromatic heterocycles. The van der Waals surface area contributed by atoms with Crippen LogP contribution in [0.1, 0.15) is 48.4 Å². The second-order valence-electron chi connectivity index (χ2n) is 5.24. The number of carboxylic acids is 1. The summed E-state index contributed by atoms with van der Waals surface area (Å²) in [6, 6.07) is 2.23. The fraction of sp³-hybridized carbons (Fsp3) is 0.0588. The van der Waals surface area contributed by atoms with E-state index in [-0.39, 0.29) is 0 Å². The van der Waals surface area contributed by atoms with Crippen molar-refractivity contribution >= 4 is 23.7 Å². The number of carboxylic acid groups (broad SMARTS) is 1. The molecule has 0 saturated heterocycles. The topological polar surface area (TPSA) is 97.7 Å². The van der Waals surface area contributed by atoms with Gasteiger partial charge in [-0.25, -0.2) is 36.3 Å². The van der Waals surface area contributed by atoms with E-state index in [0.717, 1.165) is 19.1 Å². The Kier molecular flexibility index (Phi) is 5.57. The molecule has 2 aromatic rings. The van der Waals surface area contributed by atoms with Gasteiger partial charge in [-0.15, -0.1) is 0 Å². The van der Waals surface area contributed by atoms with Gasteiger partial charge in [0.05, 0.1) is 11.1 Å². The molecule has 0 amide bonds. The van der Waals surface area contributed by atoms with Crippen molar-refractivity contribution in [2.75, 3.05) is 0 Å². The van der Waals surface area contributed by atoms with Crippen LogP contribution < -0.4 is 0 Å². The Morgan fingerprint density at radius 2 is 1.32 bits per heavy atom. The van der Waals surface area contributed by atoms with Crippen LogP contribution in [0.25, 0.3) is 0 Å². The number of hydrogen-bond donors (Lipinski definition) is 1. The molecule has 0 aliphatic carbocycles. The SMILES string of the molecule is CC(=O)c1ccc(C(=O)OC(=O)c2c(F)c(F)c(C(=O)O)c(F)c2F)cc1F. The lowest BCUT2D eigenvalue weighted by Crippen LogP contribution is -2.20. The van der Waals surface area contributed by atoms with Crippen molar-refractivity contribution in [1.82, 2.24) is 0 Å². The van der Waals surface area contributed by atoms with E-state index in [1.807, 2.05) is 0 Å². The first-order chi connectivity index (χ1) is 13.0. The van der Waals surface area contributed by atoms with Gasteiger partial charge >= 0.3 is 17.9 Å². The number of halogens is 5. The van der Waals surface area contributed by atoms with Gasteiger partial charge in [0.1, 0.15) is 16.9 Å². The third-order valence-electron chi connectivity index (χ3n) is 3.45.